The summed E-state index contributed by atoms with van der Waals surface area (Å²) >= 11 is 0. The second-order valence-corrected chi connectivity index (χ2v) is 6.66. The van der Waals surface area contributed by atoms with Gasteiger partial charge in [0.1, 0.15) is 12.7 Å². The molecule has 1 aliphatic rings. The van der Waals surface area contributed by atoms with E-state index in [-0.39, 0.29) is 25.5 Å². The summed E-state index contributed by atoms with van der Waals surface area (Å²) in [6, 6.07) is 16.0. The molecule has 2 aromatic carbocycles. The Morgan fingerprint density at radius 3 is 2.17 bits per heavy atom. The number of nitrogens with one attached hydrogen (secondary N) is 3. The third kappa shape index (κ3) is 4.87. The van der Waals surface area contributed by atoms with Crippen molar-refractivity contribution in [2.24, 2.45) is 0 Å². The van der Waals surface area contributed by atoms with Crippen LogP contribution < -0.4 is 16.2 Å². The summed E-state index contributed by atoms with van der Waals surface area (Å²) in [6.07, 6.45) is -2.99. The first kappa shape index (κ1) is 21.1. The molecule has 0 aliphatic heterocycles. The number of rotatable bonds is 6. The van der Waals surface area contributed by atoms with Crippen LogP contribution >= 0.6 is 0 Å². The van der Waals surface area contributed by atoms with Crippen LogP contribution in [0, 0.1) is 0 Å². The molecular weight excluding hydrogens is 390 g/mol. The van der Waals surface area contributed by atoms with Crippen LogP contribution in [0.2, 0.25) is 0 Å². The maximum atomic E-state index is 12.0. The highest BCUT2D eigenvalue weighted by molar-refractivity contribution is 5.82. The monoisotopic (exact) mass is 413 g/mol. The zero-order valence-electron chi connectivity index (χ0n) is 16.4. The van der Waals surface area contributed by atoms with E-state index < -0.39 is 24.2 Å². The molecule has 2 aromatic rings. The Kier molecular flexibility index (Phi) is 6.87. The summed E-state index contributed by atoms with van der Waals surface area (Å²) in [7, 11) is 1.14. The van der Waals surface area contributed by atoms with Crippen molar-refractivity contribution < 1.29 is 29.0 Å². The lowest BCUT2D eigenvalue weighted by atomic mass is 9.98. The number of amides is 3. The van der Waals surface area contributed by atoms with Gasteiger partial charge < -0.3 is 19.9 Å². The molecule has 1 aliphatic carbocycles. The first-order chi connectivity index (χ1) is 14.5. The normalized spacial score (nSPS) is 12.9. The van der Waals surface area contributed by atoms with E-state index in [1.165, 1.54) is 0 Å². The van der Waals surface area contributed by atoms with Gasteiger partial charge >= 0.3 is 12.2 Å². The predicted octanol–water partition coefficient (Wildman–Crippen LogP) is 1.66. The molecule has 0 radical (unpaired) electrons. The lowest BCUT2D eigenvalue weighted by molar-refractivity contribution is -0.130. The highest BCUT2D eigenvalue weighted by Gasteiger charge is 2.29. The third-order valence-electron chi connectivity index (χ3n) is 4.81. The molecular formula is C21H23N3O6. The van der Waals surface area contributed by atoms with Crippen LogP contribution in [0.15, 0.2) is 48.5 Å². The van der Waals surface area contributed by atoms with E-state index in [2.05, 4.69) is 22.2 Å². The minimum Gasteiger partial charge on any atom is -0.452 e. The van der Waals surface area contributed by atoms with Crippen LogP contribution in [0.1, 0.15) is 23.5 Å². The summed E-state index contributed by atoms with van der Waals surface area (Å²) in [5.41, 5.74) is 8.43. The van der Waals surface area contributed by atoms with Crippen molar-refractivity contribution in [2.75, 3.05) is 20.3 Å². The number of hydrogen-bond acceptors (Lipinski definition) is 6. The molecule has 0 saturated heterocycles. The number of benzene rings is 2. The fourth-order valence-corrected chi connectivity index (χ4v) is 3.34. The number of carbonyl (C=O) groups excluding carboxylic acids is 3. The Labute approximate surface area is 173 Å². The first-order valence-electron chi connectivity index (χ1n) is 9.42. The predicted molar refractivity (Wildman–Crippen MR) is 107 cm³/mol. The Hall–Kier alpha value is -3.59. The number of alkyl carbamates (subject to hydrolysis) is 1. The van der Waals surface area contributed by atoms with E-state index in [0.29, 0.717) is 0 Å². The van der Waals surface area contributed by atoms with Crippen molar-refractivity contribution in [2.45, 2.75) is 18.4 Å². The average Bonchev–Trinajstić information content (AvgIpc) is 3.09. The Balaban J connectivity index is 1.45. The molecule has 0 heterocycles. The molecule has 0 fully saturated rings. The van der Waals surface area contributed by atoms with Gasteiger partial charge in [-0.3, -0.25) is 10.2 Å². The average molecular weight is 413 g/mol. The van der Waals surface area contributed by atoms with Crippen molar-refractivity contribution in [1.82, 2.24) is 16.2 Å². The van der Waals surface area contributed by atoms with Crippen LogP contribution in [0.3, 0.4) is 0 Å². The topological polar surface area (TPSA) is 126 Å². The van der Waals surface area contributed by atoms with Crippen molar-refractivity contribution in [3.8, 4) is 11.1 Å². The lowest BCUT2D eigenvalue weighted by Gasteiger charge is -2.15. The van der Waals surface area contributed by atoms with E-state index in [4.69, 9.17) is 4.74 Å². The SMILES string of the molecule is COC(=O)NNC(=O)[C@@H](O)CCNC(=O)OCC1c2ccccc2-c2ccccc21. The Morgan fingerprint density at radius 1 is 0.967 bits per heavy atom. The summed E-state index contributed by atoms with van der Waals surface area (Å²) in [6.45, 7) is 0.190. The van der Waals surface area contributed by atoms with Gasteiger partial charge in [-0.25, -0.2) is 15.0 Å². The number of aliphatic hydroxyl groups excluding tert-OH is 1. The fraction of sp³-hybridized carbons (Fsp3) is 0.286. The highest BCUT2D eigenvalue weighted by Crippen LogP contribution is 2.44. The van der Waals surface area contributed by atoms with E-state index >= 15 is 0 Å². The van der Waals surface area contributed by atoms with Crippen LogP contribution in [-0.4, -0.2) is 49.6 Å². The molecule has 0 spiro atoms. The number of ether oxygens (including phenoxy) is 2. The van der Waals surface area contributed by atoms with Crippen LogP contribution in [0.25, 0.3) is 11.1 Å². The van der Waals surface area contributed by atoms with Gasteiger partial charge in [-0.2, -0.15) is 0 Å². The standard InChI is InChI=1S/C21H23N3O6/c1-29-21(28)24-23-19(26)18(25)10-11-22-20(27)30-12-17-15-8-4-2-6-13(15)14-7-3-5-9-16(14)17/h2-9,17-18,25H,10-12H2,1H3,(H,22,27)(H,23,26)(H,24,28)/t18-/m0/s1. The molecule has 9 heteroatoms. The van der Waals surface area contributed by atoms with Crippen molar-refractivity contribution >= 4 is 18.1 Å². The summed E-state index contributed by atoms with van der Waals surface area (Å²) in [5.74, 6) is -0.876. The summed E-state index contributed by atoms with van der Waals surface area (Å²) in [4.78, 5) is 34.5. The first-order valence-corrected chi connectivity index (χ1v) is 9.42. The smallest absolute Gasteiger partial charge is 0.425 e. The molecule has 4 N–H and O–H groups in total. The van der Waals surface area contributed by atoms with Gasteiger partial charge in [-0.05, 0) is 28.7 Å². The Bertz CT molecular complexity index is 887. The van der Waals surface area contributed by atoms with Crippen LogP contribution in [-0.2, 0) is 14.3 Å². The number of hydrogen-bond donors (Lipinski definition) is 4. The maximum Gasteiger partial charge on any atom is 0.425 e. The number of carbonyl (C=O) groups is 3. The quantitative estimate of drug-likeness (QED) is 0.534. The molecule has 3 amide bonds. The third-order valence-corrected chi connectivity index (χ3v) is 4.81. The van der Waals surface area contributed by atoms with Crippen molar-refractivity contribution in [1.29, 1.82) is 0 Å². The molecule has 158 valence electrons. The van der Waals surface area contributed by atoms with E-state index in [0.717, 1.165) is 29.4 Å². The van der Waals surface area contributed by atoms with E-state index in [1.807, 2.05) is 47.2 Å². The summed E-state index contributed by atoms with van der Waals surface area (Å²) < 4.78 is 9.66. The molecule has 0 aromatic heterocycles. The minimum atomic E-state index is -1.42. The molecule has 9 nitrogen and oxygen atoms in total. The zero-order chi connectivity index (χ0) is 21.5. The van der Waals surface area contributed by atoms with E-state index in [9.17, 15) is 19.5 Å². The van der Waals surface area contributed by atoms with Gasteiger partial charge in [0.15, 0.2) is 0 Å². The Morgan fingerprint density at radius 2 is 1.57 bits per heavy atom. The lowest BCUT2D eigenvalue weighted by Crippen LogP contribution is -2.47. The van der Waals surface area contributed by atoms with Gasteiger partial charge in [0, 0.05) is 12.5 Å². The van der Waals surface area contributed by atoms with Gasteiger partial charge in [-0.1, -0.05) is 48.5 Å². The van der Waals surface area contributed by atoms with Crippen LogP contribution in [0.5, 0.6) is 0 Å². The van der Waals surface area contributed by atoms with Gasteiger partial charge in [-0.15, -0.1) is 0 Å². The molecule has 30 heavy (non-hydrogen) atoms. The van der Waals surface area contributed by atoms with E-state index in [1.54, 1.807) is 0 Å². The molecule has 0 bridgehead atoms. The number of methoxy groups -OCH3 is 1. The minimum absolute atomic E-state index is 0.0173. The molecule has 3 rings (SSSR count). The number of fused-ring (bicyclic) bond motifs is 3. The highest BCUT2D eigenvalue weighted by atomic mass is 16.5. The second-order valence-electron chi connectivity index (χ2n) is 6.66. The van der Waals surface area contributed by atoms with Crippen molar-refractivity contribution in [3.05, 3.63) is 59.7 Å². The summed E-state index contributed by atoms with van der Waals surface area (Å²) in [5, 5.41) is 12.2. The van der Waals surface area contributed by atoms with Gasteiger partial charge in [0.2, 0.25) is 0 Å². The largest absolute Gasteiger partial charge is 0.452 e. The molecule has 0 saturated carbocycles. The van der Waals surface area contributed by atoms with Crippen molar-refractivity contribution in [3.63, 3.8) is 0 Å². The fourth-order valence-electron chi connectivity index (χ4n) is 3.34. The van der Waals surface area contributed by atoms with Gasteiger partial charge in [0.05, 0.1) is 7.11 Å². The number of hydrazine groups is 1. The van der Waals surface area contributed by atoms with Crippen LogP contribution in [0.4, 0.5) is 9.59 Å². The second kappa shape index (κ2) is 9.75. The molecule has 1 atom stereocenters. The van der Waals surface area contributed by atoms with Gasteiger partial charge in [0.25, 0.3) is 5.91 Å². The number of aliphatic hydroxyl groups is 1. The maximum absolute atomic E-state index is 12.0. The molecule has 0 unspecified atom stereocenters. The zero-order valence-corrected chi connectivity index (χ0v) is 16.4.